The smallest absolute Gasteiger partial charge is 0.119 e. The largest absolute Gasteiger partial charge is 0.494 e. The fourth-order valence-corrected chi connectivity index (χ4v) is 1.33. The molecule has 0 unspecified atom stereocenters. The third-order valence-electron chi connectivity index (χ3n) is 2.06. The Balaban J connectivity index is 2.54. The molecule has 0 aliphatic carbocycles. The molecule has 14 heavy (non-hydrogen) atoms. The van der Waals surface area contributed by atoms with Crippen LogP contribution in [0.1, 0.15) is 25.8 Å². The molecule has 0 aromatic heterocycles. The van der Waals surface area contributed by atoms with Crippen LogP contribution in [0.4, 0.5) is 0 Å². The summed E-state index contributed by atoms with van der Waals surface area (Å²) in [6, 6.07) is 8.04. The Labute approximate surface area is 85.5 Å². The molecule has 0 aliphatic heterocycles. The molecule has 0 radical (unpaired) electrons. The first kappa shape index (κ1) is 11.1. The van der Waals surface area contributed by atoms with E-state index in [9.17, 15) is 0 Å². The van der Waals surface area contributed by atoms with Crippen molar-refractivity contribution in [2.75, 3.05) is 6.61 Å². The van der Waals surface area contributed by atoms with E-state index in [1.54, 1.807) is 0 Å². The summed E-state index contributed by atoms with van der Waals surface area (Å²) in [5.41, 5.74) is 1.22. The molecule has 1 aromatic carbocycles. The molecule has 0 amide bonds. The summed E-state index contributed by atoms with van der Waals surface area (Å²) in [4.78, 5) is 0. The van der Waals surface area contributed by atoms with Gasteiger partial charge in [-0.1, -0.05) is 12.1 Å². The van der Waals surface area contributed by atoms with Crippen LogP contribution >= 0.6 is 0 Å². The van der Waals surface area contributed by atoms with Crippen molar-refractivity contribution in [2.45, 2.75) is 32.8 Å². The summed E-state index contributed by atoms with van der Waals surface area (Å²) in [7, 11) is 0. The van der Waals surface area contributed by atoms with Gasteiger partial charge in [-0.05, 0) is 44.4 Å². The topological polar surface area (TPSA) is 29.5 Å². The molecule has 0 bridgehead atoms. The minimum atomic E-state index is -0.231. The van der Waals surface area contributed by atoms with Crippen LogP contribution < -0.4 is 4.74 Å². The summed E-state index contributed by atoms with van der Waals surface area (Å²) in [6.07, 6.45) is 1.47. The van der Waals surface area contributed by atoms with Gasteiger partial charge in [0.2, 0.25) is 0 Å². The van der Waals surface area contributed by atoms with Crippen LogP contribution in [-0.4, -0.2) is 17.8 Å². The maximum atomic E-state index is 9.16. The van der Waals surface area contributed by atoms with Gasteiger partial charge in [-0.25, -0.2) is 0 Å². The zero-order valence-electron chi connectivity index (χ0n) is 8.86. The van der Waals surface area contributed by atoms with E-state index in [1.807, 2.05) is 32.0 Å². The number of aliphatic hydroxyl groups excluding tert-OH is 1. The first-order valence-electron chi connectivity index (χ1n) is 5.12. The monoisotopic (exact) mass is 194 g/mol. The molecule has 0 spiro atoms. The molecule has 1 aromatic rings. The summed E-state index contributed by atoms with van der Waals surface area (Å²) < 4.78 is 5.39. The van der Waals surface area contributed by atoms with Gasteiger partial charge in [0.05, 0.1) is 12.7 Å². The Kier molecular flexibility index (Phi) is 4.47. The van der Waals surface area contributed by atoms with E-state index in [-0.39, 0.29) is 6.10 Å². The van der Waals surface area contributed by atoms with Gasteiger partial charge in [0.15, 0.2) is 0 Å². The third-order valence-corrected chi connectivity index (χ3v) is 2.06. The Morgan fingerprint density at radius 3 is 2.86 bits per heavy atom. The zero-order chi connectivity index (χ0) is 10.4. The van der Waals surface area contributed by atoms with Gasteiger partial charge in [-0.15, -0.1) is 0 Å². The molecule has 0 aliphatic rings. The van der Waals surface area contributed by atoms with Crippen molar-refractivity contribution in [1.82, 2.24) is 0 Å². The normalized spacial score (nSPS) is 12.5. The van der Waals surface area contributed by atoms with Crippen molar-refractivity contribution >= 4 is 0 Å². The van der Waals surface area contributed by atoms with Crippen LogP contribution in [-0.2, 0) is 6.42 Å². The van der Waals surface area contributed by atoms with Crippen LogP contribution in [0.3, 0.4) is 0 Å². The number of aryl methyl sites for hydroxylation is 1. The Morgan fingerprint density at radius 1 is 1.43 bits per heavy atom. The predicted octanol–water partition coefficient (Wildman–Crippen LogP) is 2.40. The van der Waals surface area contributed by atoms with Gasteiger partial charge in [-0.3, -0.25) is 0 Å². The average molecular weight is 194 g/mol. The zero-order valence-corrected chi connectivity index (χ0v) is 8.86. The fourth-order valence-electron chi connectivity index (χ4n) is 1.33. The quantitative estimate of drug-likeness (QED) is 0.780. The maximum absolute atomic E-state index is 9.16. The highest BCUT2D eigenvalue weighted by Crippen LogP contribution is 2.14. The van der Waals surface area contributed by atoms with Crippen molar-refractivity contribution < 1.29 is 9.84 Å². The van der Waals surface area contributed by atoms with Crippen LogP contribution in [0.25, 0.3) is 0 Å². The lowest BCUT2D eigenvalue weighted by Gasteiger charge is -2.07. The van der Waals surface area contributed by atoms with Gasteiger partial charge < -0.3 is 9.84 Å². The van der Waals surface area contributed by atoms with Gasteiger partial charge in [0.1, 0.15) is 5.75 Å². The lowest BCUT2D eigenvalue weighted by atomic mass is 10.1. The molecular formula is C12H18O2. The van der Waals surface area contributed by atoms with E-state index in [0.717, 1.165) is 18.6 Å². The van der Waals surface area contributed by atoms with Crippen molar-refractivity contribution in [1.29, 1.82) is 0 Å². The van der Waals surface area contributed by atoms with Gasteiger partial charge in [-0.2, -0.15) is 0 Å². The second kappa shape index (κ2) is 5.66. The van der Waals surface area contributed by atoms with Crippen molar-refractivity contribution in [2.24, 2.45) is 0 Å². The van der Waals surface area contributed by atoms with Gasteiger partial charge in [0.25, 0.3) is 0 Å². The molecule has 1 rings (SSSR count). The molecule has 0 saturated heterocycles. The van der Waals surface area contributed by atoms with E-state index in [4.69, 9.17) is 9.84 Å². The van der Waals surface area contributed by atoms with E-state index in [1.165, 1.54) is 5.56 Å². The number of hydrogen-bond donors (Lipinski definition) is 1. The van der Waals surface area contributed by atoms with E-state index < -0.39 is 0 Å². The second-order valence-corrected chi connectivity index (χ2v) is 3.47. The van der Waals surface area contributed by atoms with E-state index in [2.05, 4.69) is 6.07 Å². The second-order valence-electron chi connectivity index (χ2n) is 3.47. The standard InChI is InChI=1S/C12H18O2/c1-3-14-12-6-4-5-11(9-12)8-7-10(2)13/h4-6,9-10,13H,3,7-8H2,1-2H3/t10-/m0/s1. The molecular weight excluding hydrogens is 176 g/mol. The summed E-state index contributed by atoms with van der Waals surface area (Å²) >= 11 is 0. The van der Waals surface area contributed by atoms with Crippen LogP contribution in [0, 0.1) is 0 Å². The average Bonchev–Trinajstić information content (AvgIpc) is 2.16. The first-order valence-corrected chi connectivity index (χ1v) is 5.12. The van der Waals surface area contributed by atoms with E-state index in [0.29, 0.717) is 6.61 Å². The lowest BCUT2D eigenvalue weighted by molar-refractivity contribution is 0.185. The molecule has 0 saturated carbocycles. The summed E-state index contributed by atoms with van der Waals surface area (Å²) in [5.74, 6) is 0.913. The molecule has 78 valence electrons. The highest BCUT2D eigenvalue weighted by molar-refractivity contribution is 5.28. The summed E-state index contributed by atoms with van der Waals surface area (Å²) in [6.45, 7) is 4.48. The van der Waals surface area contributed by atoms with Crippen molar-refractivity contribution in [3.63, 3.8) is 0 Å². The lowest BCUT2D eigenvalue weighted by Crippen LogP contribution is -2.01. The number of rotatable bonds is 5. The number of benzene rings is 1. The molecule has 1 atom stereocenters. The molecule has 1 N–H and O–H groups in total. The number of hydrogen-bond acceptors (Lipinski definition) is 2. The summed E-state index contributed by atoms with van der Waals surface area (Å²) in [5, 5.41) is 9.16. The Bertz CT molecular complexity index is 269. The predicted molar refractivity (Wildman–Crippen MR) is 57.6 cm³/mol. The highest BCUT2D eigenvalue weighted by atomic mass is 16.5. The van der Waals surface area contributed by atoms with Crippen molar-refractivity contribution in [3.05, 3.63) is 29.8 Å². The highest BCUT2D eigenvalue weighted by Gasteiger charge is 1.99. The minimum Gasteiger partial charge on any atom is -0.494 e. The van der Waals surface area contributed by atoms with Crippen LogP contribution in [0.15, 0.2) is 24.3 Å². The Morgan fingerprint density at radius 2 is 2.21 bits per heavy atom. The third kappa shape index (κ3) is 3.79. The van der Waals surface area contributed by atoms with E-state index >= 15 is 0 Å². The molecule has 2 nitrogen and oxygen atoms in total. The Hall–Kier alpha value is -1.02. The SMILES string of the molecule is CCOc1cccc(CC[C@H](C)O)c1. The van der Waals surface area contributed by atoms with Crippen LogP contribution in [0.2, 0.25) is 0 Å². The van der Waals surface area contributed by atoms with Gasteiger partial charge in [0, 0.05) is 0 Å². The van der Waals surface area contributed by atoms with Crippen molar-refractivity contribution in [3.8, 4) is 5.75 Å². The van der Waals surface area contributed by atoms with Gasteiger partial charge >= 0.3 is 0 Å². The number of aliphatic hydroxyl groups is 1. The number of ether oxygens (including phenoxy) is 1. The minimum absolute atomic E-state index is 0.231. The maximum Gasteiger partial charge on any atom is 0.119 e. The molecule has 0 fully saturated rings. The van der Waals surface area contributed by atoms with Crippen LogP contribution in [0.5, 0.6) is 5.75 Å². The molecule has 2 heteroatoms. The first-order chi connectivity index (χ1) is 6.72. The molecule has 0 heterocycles. The fraction of sp³-hybridized carbons (Fsp3) is 0.500.